The molecule has 0 saturated heterocycles. The standard InChI is InChI=1S/C35H55N/c1-3-5-7-9-11-13-14-16-18-19-21-32-23-25-34(26-24-32)31-36-35-29-27-33(28-30-35)22-20-17-15-12-10-8-6-4-2/h23-31H,3-22H2,1-2H3. The van der Waals surface area contributed by atoms with E-state index in [4.69, 9.17) is 4.99 Å². The maximum atomic E-state index is 4.69. The second-order valence-electron chi connectivity index (χ2n) is 10.8. The zero-order valence-electron chi connectivity index (χ0n) is 23.8. The van der Waals surface area contributed by atoms with Crippen LogP contribution in [0.2, 0.25) is 0 Å². The topological polar surface area (TPSA) is 12.4 Å². The van der Waals surface area contributed by atoms with Crippen molar-refractivity contribution in [2.75, 3.05) is 0 Å². The summed E-state index contributed by atoms with van der Waals surface area (Å²) in [6.07, 6.45) is 29.4. The molecule has 0 aliphatic rings. The Hall–Kier alpha value is -1.89. The number of aliphatic imine (C=N–C) groups is 1. The van der Waals surface area contributed by atoms with Crippen LogP contribution >= 0.6 is 0 Å². The average Bonchev–Trinajstić information content (AvgIpc) is 2.91. The molecule has 2 aromatic carbocycles. The van der Waals surface area contributed by atoms with Crippen molar-refractivity contribution in [3.8, 4) is 0 Å². The van der Waals surface area contributed by atoms with Crippen LogP contribution in [0.4, 0.5) is 5.69 Å². The van der Waals surface area contributed by atoms with Gasteiger partial charge in [0.1, 0.15) is 0 Å². The largest absolute Gasteiger partial charge is 0.256 e. The van der Waals surface area contributed by atoms with E-state index in [0.717, 1.165) is 5.69 Å². The lowest BCUT2D eigenvalue weighted by molar-refractivity contribution is 0.556. The van der Waals surface area contributed by atoms with Crippen LogP contribution in [-0.4, -0.2) is 6.21 Å². The van der Waals surface area contributed by atoms with Gasteiger partial charge in [0, 0.05) is 6.21 Å². The molecule has 0 N–H and O–H groups in total. The second-order valence-corrected chi connectivity index (χ2v) is 10.8. The Bertz CT molecular complexity index is 771. The first-order chi connectivity index (χ1) is 17.8. The molecule has 0 atom stereocenters. The molecule has 0 bridgehead atoms. The van der Waals surface area contributed by atoms with Gasteiger partial charge in [-0.3, -0.25) is 4.99 Å². The molecule has 0 unspecified atom stereocenters. The third-order valence-corrected chi connectivity index (χ3v) is 7.42. The van der Waals surface area contributed by atoms with E-state index in [0.29, 0.717) is 0 Å². The lowest BCUT2D eigenvalue weighted by atomic mass is 10.0. The summed E-state index contributed by atoms with van der Waals surface area (Å²) < 4.78 is 0. The summed E-state index contributed by atoms with van der Waals surface area (Å²) in [5.74, 6) is 0. The highest BCUT2D eigenvalue weighted by molar-refractivity contribution is 5.81. The predicted octanol–water partition coefficient (Wildman–Crippen LogP) is 11.6. The molecule has 200 valence electrons. The lowest BCUT2D eigenvalue weighted by Gasteiger charge is -2.04. The fourth-order valence-electron chi connectivity index (χ4n) is 4.95. The van der Waals surface area contributed by atoms with Gasteiger partial charge < -0.3 is 0 Å². The van der Waals surface area contributed by atoms with Crippen molar-refractivity contribution >= 4 is 11.9 Å². The summed E-state index contributed by atoms with van der Waals surface area (Å²) >= 11 is 0. The third-order valence-electron chi connectivity index (χ3n) is 7.42. The molecule has 0 fully saturated rings. The van der Waals surface area contributed by atoms with Crippen molar-refractivity contribution in [2.24, 2.45) is 4.99 Å². The maximum Gasteiger partial charge on any atom is 0.0630 e. The molecule has 0 spiro atoms. The Balaban J connectivity index is 1.56. The van der Waals surface area contributed by atoms with Crippen molar-refractivity contribution < 1.29 is 0 Å². The van der Waals surface area contributed by atoms with E-state index >= 15 is 0 Å². The van der Waals surface area contributed by atoms with E-state index in [9.17, 15) is 0 Å². The van der Waals surface area contributed by atoms with Crippen molar-refractivity contribution in [3.05, 3.63) is 65.2 Å². The second kappa shape index (κ2) is 21.2. The van der Waals surface area contributed by atoms with E-state index in [1.807, 2.05) is 6.21 Å². The molecule has 1 heteroatoms. The molecular weight excluding hydrogens is 434 g/mol. The number of nitrogens with zero attached hydrogens (tertiary/aromatic N) is 1. The van der Waals surface area contributed by atoms with Gasteiger partial charge in [-0.2, -0.15) is 0 Å². The fourth-order valence-corrected chi connectivity index (χ4v) is 4.95. The maximum absolute atomic E-state index is 4.69. The molecule has 0 aliphatic heterocycles. The SMILES string of the molecule is CCCCCCCCCCCCc1ccc(C=Nc2ccc(CCCCCCCCCC)cc2)cc1. The Morgan fingerprint density at radius 1 is 0.444 bits per heavy atom. The number of rotatable bonds is 22. The fraction of sp³-hybridized carbons (Fsp3) is 0.629. The molecule has 0 heterocycles. The van der Waals surface area contributed by atoms with Gasteiger partial charge >= 0.3 is 0 Å². The molecule has 0 aromatic heterocycles. The van der Waals surface area contributed by atoms with Crippen molar-refractivity contribution in [1.82, 2.24) is 0 Å². The number of unbranched alkanes of at least 4 members (excludes halogenated alkanes) is 16. The van der Waals surface area contributed by atoms with Crippen LogP contribution in [0.3, 0.4) is 0 Å². The Labute approximate surface area is 224 Å². The summed E-state index contributed by atoms with van der Waals surface area (Å²) in [5, 5.41) is 0. The molecule has 2 aromatic rings. The van der Waals surface area contributed by atoms with E-state index in [1.54, 1.807) is 0 Å². The van der Waals surface area contributed by atoms with Gasteiger partial charge in [-0.05, 0) is 54.5 Å². The van der Waals surface area contributed by atoms with Gasteiger partial charge in [-0.1, -0.05) is 153 Å². The summed E-state index contributed by atoms with van der Waals surface area (Å²) in [5.41, 5.74) is 5.13. The minimum Gasteiger partial charge on any atom is -0.256 e. The van der Waals surface area contributed by atoms with Crippen LogP contribution in [0.1, 0.15) is 146 Å². The van der Waals surface area contributed by atoms with Crippen LogP contribution in [0.25, 0.3) is 0 Å². The Kier molecular flexibility index (Phi) is 17.9. The van der Waals surface area contributed by atoms with E-state index < -0.39 is 0 Å². The molecule has 0 aliphatic carbocycles. The molecule has 1 nitrogen and oxygen atoms in total. The summed E-state index contributed by atoms with van der Waals surface area (Å²) in [6.45, 7) is 4.58. The van der Waals surface area contributed by atoms with Gasteiger partial charge in [0.05, 0.1) is 5.69 Å². The minimum absolute atomic E-state index is 1.05. The average molecular weight is 490 g/mol. The number of hydrogen-bond donors (Lipinski definition) is 0. The summed E-state index contributed by atoms with van der Waals surface area (Å²) in [6, 6.07) is 17.8. The van der Waals surface area contributed by atoms with Gasteiger partial charge in [-0.25, -0.2) is 0 Å². The van der Waals surface area contributed by atoms with E-state index in [2.05, 4.69) is 62.4 Å². The zero-order valence-corrected chi connectivity index (χ0v) is 23.8. The highest BCUT2D eigenvalue weighted by Crippen LogP contribution is 2.17. The van der Waals surface area contributed by atoms with Gasteiger partial charge in [0.25, 0.3) is 0 Å². The first-order valence-corrected chi connectivity index (χ1v) is 15.5. The molecule has 2 rings (SSSR count). The third kappa shape index (κ3) is 15.3. The lowest BCUT2D eigenvalue weighted by Crippen LogP contribution is -1.88. The molecule has 0 saturated carbocycles. The number of aryl methyl sites for hydroxylation is 2. The first-order valence-electron chi connectivity index (χ1n) is 15.5. The quantitative estimate of drug-likeness (QED) is 0.115. The monoisotopic (exact) mass is 489 g/mol. The van der Waals surface area contributed by atoms with E-state index in [-0.39, 0.29) is 0 Å². The summed E-state index contributed by atoms with van der Waals surface area (Å²) in [4.78, 5) is 4.69. The van der Waals surface area contributed by atoms with Crippen molar-refractivity contribution in [1.29, 1.82) is 0 Å². The van der Waals surface area contributed by atoms with Crippen LogP contribution in [0.15, 0.2) is 53.5 Å². The molecule has 0 radical (unpaired) electrons. The van der Waals surface area contributed by atoms with Gasteiger partial charge in [0.15, 0.2) is 0 Å². The highest BCUT2D eigenvalue weighted by Gasteiger charge is 1.98. The predicted molar refractivity (Wildman–Crippen MR) is 162 cm³/mol. The van der Waals surface area contributed by atoms with Gasteiger partial charge in [0.2, 0.25) is 0 Å². The zero-order chi connectivity index (χ0) is 25.5. The molecular formula is C35H55N. The van der Waals surface area contributed by atoms with Crippen molar-refractivity contribution in [2.45, 2.75) is 142 Å². The van der Waals surface area contributed by atoms with Crippen LogP contribution in [0.5, 0.6) is 0 Å². The normalized spacial score (nSPS) is 11.5. The first kappa shape index (κ1) is 30.3. The minimum atomic E-state index is 1.05. The number of benzene rings is 2. The Morgan fingerprint density at radius 3 is 1.22 bits per heavy atom. The van der Waals surface area contributed by atoms with E-state index in [1.165, 1.54) is 145 Å². The number of hydrogen-bond acceptors (Lipinski definition) is 1. The van der Waals surface area contributed by atoms with Crippen molar-refractivity contribution in [3.63, 3.8) is 0 Å². The summed E-state index contributed by atoms with van der Waals surface area (Å²) in [7, 11) is 0. The van der Waals surface area contributed by atoms with Crippen LogP contribution in [0, 0.1) is 0 Å². The van der Waals surface area contributed by atoms with Gasteiger partial charge in [-0.15, -0.1) is 0 Å². The Morgan fingerprint density at radius 2 is 0.806 bits per heavy atom. The van der Waals surface area contributed by atoms with Crippen LogP contribution in [-0.2, 0) is 12.8 Å². The highest BCUT2D eigenvalue weighted by atomic mass is 14.7. The van der Waals surface area contributed by atoms with Crippen LogP contribution < -0.4 is 0 Å². The smallest absolute Gasteiger partial charge is 0.0630 e. The molecule has 0 amide bonds. The molecule has 36 heavy (non-hydrogen) atoms.